The third-order valence-electron chi connectivity index (χ3n) is 3.31. The largest absolute Gasteiger partial charge is 0.345 e. The van der Waals surface area contributed by atoms with Gasteiger partial charge in [0, 0.05) is 6.92 Å². The van der Waals surface area contributed by atoms with Gasteiger partial charge < -0.3 is 14.8 Å². The van der Waals surface area contributed by atoms with E-state index in [4.69, 9.17) is 4.52 Å². The standard InChI is InChI=1S/C15H17N5O2S/c1-3-10(14-16-9(2)22-20-14)17-13(21)8-23-15-18-11-6-4-5-7-12(11)19-15/h4-7,10H,3,8H2,1-2H3,(H,17,21)(H,18,19). The Morgan fingerprint density at radius 3 is 2.91 bits per heavy atom. The molecule has 1 atom stereocenters. The van der Waals surface area contributed by atoms with Crippen LogP contribution in [0.25, 0.3) is 11.0 Å². The number of carbonyl (C=O) groups is 1. The van der Waals surface area contributed by atoms with Crippen LogP contribution in [0.1, 0.15) is 31.1 Å². The van der Waals surface area contributed by atoms with Crippen LogP contribution in [-0.2, 0) is 4.79 Å². The van der Waals surface area contributed by atoms with Crippen molar-refractivity contribution >= 4 is 28.7 Å². The van der Waals surface area contributed by atoms with Crippen molar-refractivity contribution in [2.75, 3.05) is 5.75 Å². The number of amides is 1. The lowest BCUT2D eigenvalue weighted by Crippen LogP contribution is -2.30. The van der Waals surface area contributed by atoms with Crippen LogP contribution in [0.3, 0.4) is 0 Å². The minimum atomic E-state index is -0.240. The Kier molecular flexibility index (Phi) is 4.61. The van der Waals surface area contributed by atoms with Crippen molar-refractivity contribution in [2.45, 2.75) is 31.5 Å². The second-order valence-corrected chi connectivity index (χ2v) is 6.01. The SMILES string of the molecule is CCC(NC(=O)CSc1nc2ccccc2[nH]1)c1noc(C)n1. The minimum absolute atomic E-state index is 0.0928. The summed E-state index contributed by atoms with van der Waals surface area (Å²) >= 11 is 1.36. The number of aryl methyl sites for hydroxylation is 1. The second-order valence-electron chi connectivity index (χ2n) is 5.05. The molecule has 0 aliphatic rings. The molecule has 0 aliphatic heterocycles. The number of para-hydroxylation sites is 2. The van der Waals surface area contributed by atoms with Crippen LogP contribution in [0.2, 0.25) is 0 Å². The van der Waals surface area contributed by atoms with Gasteiger partial charge in [0.05, 0.1) is 22.8 Å². The minimum Gasteiger partial charge on any atom is -0.345 e. The van der Waals surface area contributed by atoms with Crippen LogP contribution in [0.5, 0.6) is 0 Å². The highest BCUT2D eigenvalue weighted by atomic mass is 32.2. The molecule has 23 heavy (non-hydrogen) atoms. The van der Waals surface area contributed by atoms with Crippen LogP contribution in [0.15, 0.2) is 33.9 Å². The fraction of sp³-hybridized carbons (Fsp3) is 0.333. The van der Waals surface area contributed by atoms with Crippen molar-refractivity contribution in [3.8, 4) is 0 Å². The topological polar surface area (TPSA) is 96.7 Å². The molecule has 0 saturated carbocycles. The molecule has 2 N–H and O–H groups in total. The lowest BCUT2D eigenvalue weighted by Gasteiger charge is -2.12. The highest BCUT2D eigenvalue weighted by molar-refractivity contribution is 7.99. The quantitative estimate of drug-likeness (QED) is 0.674. The highest BCUT2D eigenvalue weighted by Gasteiger charge is 2.18. The van der Waals surface area contributed by atoms with Gasteiger partial charge >= 0.3 is 0 Å². The summed E-state index contributed by atoms with van der Waals surface area (Å²) in [4.78, 5) is 23.9. The Labute approximate surface area is 137 Å². The number of imidazole rings is 1. The number of carbonyl (C=O) groups excluding carboxylic acids is 1. The molecule has 1 aromatic carbocycles. The molecule has 3 rings (SSSR count). The van der Waals surface area contributed by atoms with Crippen molar-refractivity contribution in [2.24, 2.45) is 0 Å². The fourth-order valence-corrected chi connectivity index (χ4v) is 2.87. The molecule has 3 aromatic rings. The van der Waals surface area contributed by atoms with Crippen LogP contribution >= 0.6 is 11.8 Å². The summed E-state index contributed by atoms with van der Waals surface area (Å²) in [5.74, 6) is 1.17. The molecular weight excluding hydrogens is 314 g/mol. The lowest BCUT2D eigenvalue weighted by molar-refractivity contribution is -0.119. The summed E-state index contributed by atoms with van der Waals surface area (Å²) in [6.07, 6.45) is 0.694. The molecule has 0 spiro atoms. The first-order valence-electron chi connectivity index (χ1n) is 7.33. The van der Waals surface area contributed by atoms with Gasteiger partial charge in [-0.25, -0.2) is 4.98 Å². The maximum atomic E-state index is 12.1. The van der Waals surface area contributed by atoms with E-state index in [1.54, 1.807) is 6.92 Å². The Morgan fingerprint density at radius 2 is 2.22 bits per heavy atom. The summed E-state index contributed by atoms with van der Waals surface area (Å²) in [5, 5.41) is 7.50. The molecular formula is C15H17N5O2S. The molecule has 0 bridgehead atoms. The first-order valence-corrected chi connectivity index (χ1v) is 8.31. The van der Waals surface area contributed by atoms with E-state index in [-0.39, 0.29) is 17.7 Å². The summed E-state index contributed by atoms with van der Waals surface area (Å²) in [6, 6.07) is 7.53. The zero-order valence-corrected chi connectivity index (χ0v) is 13.7. The van der Waals surface area contributed by atoms with Gasteiger partial charge in [-0.05, 0) is 18.6 Å². The zero-order valence-electron chi connectivity index (χ0n) is 12.9. The van der Waals surface area contributed by atoms with Crippen molar-refractivity contribution in [3.05, 3.63) is 36.0 Å². The van der Waals surface area contributed by atoms with Gasteiger partial charge in [0.15, 0.2) is 11.0 Å². The van der Waals surface area contributed by atoms with E-state index in [0.29, 0.717) is 18.1 Å². The summed E-state index contributed by atoms with van der Waals surface area (Å²) in [5.41, 5.74) is 1.85. The van der Waals surface area contributed by atoms with Gasteiger partial charge in [-0.1, -0.05) is 36.0 Å². The molecule has 8 heteroatoms. The molecule has 0 radical (unpaired) electrons. The summed E-state index contributed by atoms with van der Waals surface area (Å²) in [7, 11) is 0. The van der Waals surface area contributed by atoms with Crippen molar-refractivity contribution in [3.63, 3.8) is 0 Å². The van der Waals surface area contributed by atoms with E-state index >= 15 is 0 Å². The number of hydrogen-bond acceptors (Lipinski definition) is 6. The van der Waals surface area contributed by atoms with Crippen LogP contribution in [0, 0.1) is 6.92 Å². The van der Waals surface area contributed by atoms with Crippen molar-refractivity contribution in [1.29, 1.82) is 0 Å². The summed E-state index contributed by atoms with van der Waals surface area (Å²) in [6.45, 7) is 3.69. The van der Waals surface area contributed by atoms with Gasteiger partial charge in [-0.15, -0.1) is 0 Å². The van der Waals surface area contributed by atoms with Crippen LogP contribution in [0.4, 0.5) is 0 Å². The Balaban J connectivity index is 1.58. The Hall–Kier alpha value is -2.35. The van der Waals surface area contributed by atoms with Gasteiger partial charge in [-0.3, -0.25) is 4.79 Å². The number of rotatable bonds is 6. The van der Waals surface area contributed by atoms with E-state index in [9.17, 15) is 4.79 Å². The van der Waals surface area contributed by atoms with Crippen LogP contribution < -0.4 is 5.32 Å². The predicted molar refractivity (Wildman–Crippen MR) is 87.0 cm³/mol. The number of benzene rings is 1. The average molecular weight is 331 g/mol. The molecule has 2 aromatic heterocycles. The normalized spacial score (nSPS) is 12.4. The zero-order chi connectivity index (χ0) is 16.2. The van der Waals surface area contributed by atoms with Gasteiger partial charge in [0.25, 0.3) is 0 Å². The Bertz CT molecular complexity index is 780. The summed E-state index contributed by atoms with van der Waals surface area (Å²) < 4.78 is 4.96. The lowest BCUT2D eigenvalue weighted by atomic mass is 10.2. The first kappa shape index (κ1) is 15.5. The first-order chi connectivity index (χ1) is 11.2. The molecule has 7 nitrogen and oxygen atoms in total. The third kappa shape index (κ3) is 3.70. The monoisotopic (exact) mass is 331 g/mol. The number of thioether (sulfide) groups is 1. The van der Waals surface area contributed by atoms with E-state index < -0.39 is 0 Å². The maximum absolute atomic E-state index is 12.1. The van der Waals surface area contributed by atoms with E-state index in [2.05, 4.69) is 25.4 Å². The molecule has 2 heterocycles. The number of nitrogens with one attached hydrogen (secondary N) is 2. The smallest absolute Gasteiger partial charge is 0.231 e. The molecule has 0 saturated heterocycles. The fourth-order valence-electron chi connectivity index (χ4n) is 2.17. The third-order valence-corrected chi connectivity index (χ3v) is 4.18. The second kappa shape index (κ2) is 6.82. The molecule has 120 valence electrons. The van der Waals surface area contributed by atoms with Gasteiger partial charge in [-0.2, -0.15) is 4.98 Å². The van der Waals surface area contributed by atoms with Crippen molar-refractivity contribution < 1.29 is 9.32 Å². The van der Waals surface area contributed by atoms with Gasteiger partial charge in [0.2, 0.25) is 11.8 Å². The Morgan fingerprint density at radius 1 is 1.39 bits per heavy atom. The molecule has 0 aliphatic carbocycles. The highest BCUT2D eigenvalue weighted by Crippen LogP contribution is 2.19. The number of aromatic nitrogens is 4. The number of nitrogens with zero attached hydrogens (tertiary/aromatic N) is 3. The number of hydrogen-bond donors (Lipinski definition) is 2. The number of fused-ring (bicyclic) bond motifs is 1. The number of aromatic amines is 1. The van der Waals surface area contributed by atoms with Crippen LogP contribution in [-0.4, -0.2) is 31.8 Å². The number of H-pyrrole nitrogens is 1. The average Bonchev–Trinajstić information content (AvgIpc) is 3.16. The molecule has 1 amide bonds. The van der Waals surface area contributed by atoms with E-state index in [1.165, 1.54) is 11.8 Å². The molecule has 1 unspecified atom stereocenters. The van der Waals surface area contributed by atoms with E-state index in [0.717, 1.165) is 16.2 Å². The molecule has 0 fully saturated rings. The maximum Gasteiger partial charge on any atom is 0.231 e. The van der Waals surface area contributed by atoms with E-state index in [1.807, 2.05) is 31.2 Å². The predicted octanol–water partition coefficient (Wildman–Crippen LogP) is 2.61. The van der Waals surface area contributed by atoms with Crippen molar-refractivity contribution in [1.82, 2.24) is 25.4 Å². The van der Waals surface area contributed by atoms with Gasteiger partial charge in [0.1, 0.15) is 0 Å².